The second-order valence-corrected chi connectivity index (χ2v) is 5.86. The summed E-state index contributed by atoms with van der Waals surface area (Å²) in [5.41, 5.74) is -0.154. The Hall–Kier alpha value is -1.63. The summed E-state index contributed by atoms with van der Waals surface area (Å²) in [6.07, 6.45) is 1.40. The highest BCUT2D eigenvalue weighted by atomic mass is 16.6. The van der Waals surface area contributed by atoms with Gasteiger partial charge in [0.25, 0.3) is 0 Å². The van der Waals surface area contributed by atoms with Crippen LogP contribution < -0.4 is 4.90 Å². The molecule has 0 unspecified atom stereocenters. The fourth-order valence-corrected chi connectivity index (χ4v) is 2.63. The number of hydrogen-bond acceptors (Lipinski definition) is 5. The number of rotatable bonds is 5. The number of nitrogens with zero attached hydrogens (tertiary/aromatic N) is 4. The third kappa shape index (κ3) is 2.26. The number of β-amino-alcohol motifs (C(OH)–C–C–N with tert-alkyl or cyclic N) is 1. The molecule has 0 aliphatic carbocycles. The van der Waals surface area contributed by atoms with Crippen LogP contribution in [0.3, 0.4) is 0 Å². The fraction of sp³-hybridized carbons (Fsp3) is 0.769. The Kier molecular flexibility index (Phi) is 3.73. The molecule has 7 nitrogen and oxygen atoms in total. The molecule has 0 radical (unpaired) electrons. The van der Waals surface area contributed by atoms with Crippen LogP contribution in [0.2, 0.25) is 0 Å². The van der Waals surface area contributed by atoms with Crippen molar-refractivity contribution in [3.8, 4) is 0 Å². The molecule has 0 aromatic carbocycles. The van der Waals surface area contributed by atoms with Gasteiger partial charge in [-0.3, -0.25) is 10.1 Å². The molecule has 0 spiro atoms. The van der Waals surface area contributed by atoms with Crippen LogP contribution in [0.4, 0.5) is 11.5 Å². The van der Waals surface area contributed by atoms with E-state index in [1.165, 1.54) is 0 Å². The van der Waals surface area contributed by atoms with Gasteiger partial charge in [0.05, 0.1) is 18.0 Å². The molecule has 0 amide bonds. The van der Waals surface area contributed by atoms with E-state index in [2.05, 4.69) is 5.10 Å². The van der Waals surface area contributed by atoms with Crippen molar-refractivity contribution in [2.24, 2.45) is 13.0 Å². The Morgan fingerprint density at radius 3 is 2.55 bits per heavy atom. The fourth-order valence-electron chi connectivity index (χ4n) is 2.63. The molecule has 2 rings (SSSR count). The molecule has 0 atom stereocenters. The lowest BCUT2D eigenvalue weighted by atomic mass is 9.83. The predicted molar refractivity (Wildman–Crippen MR) is 75.9 cm³/mol. The van der Waals surface area contributed by atoms with E-state index in [-0.39, 0.29) is 16.5 Å². The quantitative estimate of drug-likeness (QED) is 0.653. The summed E-state index contributed by atoms with van der Waals surface area (Å²) >= 11 is 0. The van der Waals surface area contributed by atoms with Crippen LogP contribution in [-0.2, 0) is 13.5 Å². The van der Waals surface area contributed by atoms with Gasteiger partial charge in [-0.15, -0.1) is 0 Å². The summed E-state index contributed by atoms with van der Waals surface area (Å²) in [5, 5.41) is 25.9. The third-order valence-corrected chi connectivity index (χ3v) is 4.04. The van der Waals surface area contributed by atoms with Gasteiger partial charge in [-0.2, -0.15) is 5.10 Å². The normalized spacial score (nSPS) is 17.4. The molecule has 1 N–H and O–H groups in total. The first-order valence-corrected chi connectivity index (χ1v) is 6.97. The summed E-state index contributed by atoms with van der Waals surface area (Å²) < 4.78 is 1.56. The monoisotopic (exact) mass is 282 g/mol. The lowest BCUT2D eigenvalue weighted by molar-refractivity contribution is -0.385. The molecule has 112 valence electrons. The van der Waals surface area contributed by atoms with Crippen molar-refractivity contribution in [2.75, 3.05) is 18.0 Å². The molecule has 1 aromatic rings. The van der Waals surface area contributed by atoms with Crippen LogP contribution in [-0.4, -0.2) is 38.5 Å². The Bertz CT molecular complexity index is 518. The van der Waals surface area contributed by atoms with Gasteiger partial charge in [0.2, 0.25) is 5.82 Å². The summed E-state index contributed by atoms with van der Waals surface area (Å²) in [6.45, 7) is 6.71. The largest absolute Gasteiger partial charge is 0.386 e. The molecule has 1 aromatic heterocycles. The number of nitro groups is 1. The van der Waals surface area contributed by atoms with Gasteiger partial charge < -0.3 is 10.0 Å². The highest BCUT2D eigenvalue weighted by Gasteiger charge is 2.47. The van der Waals surface area contributed by atoms with Crippen LogP contribution in [0.15, 0.2) is 0 Å². The van der Waals surface area contributed by atoms with E-state index in [1.54, 1.807) is 11.7 Å². The summed E-state index contributed by atoms with van der Waals surface area (Å²) in [6, 6.07) is 0. The van der Waals surface area contributed by atoms with Crippen LogP contribution in [0.25, 0.3) is 0 Å². The maximum atomic E-state index is 11.3. The van der Waals surface area contributed by atoms with Gasteiger partial charge >= 0.3 is 5.69 Å². The Labute approximate surface area is 118 Å². The van der Waals surface area contributed by atoms with Crippen molar-refractivity contribution in [1.29, 1.82) is 0 Å². The van der Waals surface area contributed by atoms with Crippen LogP contribution in [0, 0.1) is 16.0 Å². The minimum absolute atomic E-state index is 0.0835. The van der Waals surface area contributed by atoms with E-state index < -0.39 is 5.60 Å². The number of aromatic nitrogens is 2. The Balaban J connectivity index is 2.31. The number of hydrogen-bond donors (Lipinski definition) is 1. The smallest absolute Gasteiger partial charge is 0.334 e. The number of aryl methyl sites for hydroxylation is 2. The molecule has 1 aliphatic heterocycles. The van der Waals surface area contributed by atoms with E-state index >= 15 is 0 Å². The molecule has 1 fully saturated rings. The molecule has 1 saturated heterocycles. The van der Waals surface area contributed by atoms with Crippen molar-refractivity contribution in [1.82, 2.24) is 9.78 Å². The first-order chi connectivity index (χ1) is 9.30. The lowest BCUT2D eigenvalue weighted by Crippen LogP contribution is -2.65. The molecule has 0 bridgehead atoms. The second kappa shape index (κ2) is 5.05. The van der Waals surface area contributed by atoms with Gasteiger partial charge in [-0.1, -0.05) is 27.2 Å². The predicted octanol–water partition coefficient (Wildman–Crippen LogP) is 1.49. The molecular formula is C13H22N4O3. The lowest BCUT2D eigenvalue weighted by Gasteiger charge is -2.49. The topological polar surface area (TPSA) is 84.4 Å². The van der Waals surface area contributed by atoms with E-state index in [0.29, 0.717) is 31.0 Å². The van der Waals surface area contributed by atoms with Crippen LogP contribution in [0.5, 0.6) is 0 Å². The molecule has 20 heavy (non-hydrogen) atoms. The standard InChI is InChI=1S/C13H22N4O3/c1-5-6-10-11(17(19)20)12(15(4)14-10)16-7-13(18,8-16)9(2)3/h9,18H,5-8H2,1-4H3. The highest BCUT2D eigenvalue weighted by molar-refractivity contribution is 5.63. The first-order valence-electron chi connectivity index (χ1n) is 6.97. The first kappa shape index (κ1) is 14.8. The van der Waals surface area contributed by atoms with Crippen molar-refractivity contribution in [2.45, 2.75) is 39.2 Å². The zero-order valence-corrected chi connectivity index (χ0v) is 12.5. The maximum absolute atomic E-state index is 11.3. The SMILES string of the molecule is CCCc1nn(C)c(N2CC(O)(C(C)C)C2)c1[N+](=O)[O-]. The minimum atomic E-state index is -0.761. The highest BCUT2D eigenvalue weighted by Crippen LogP contribution is 2.39. The van der Waals surface area contributed by atoms with Crippen molar-refractivity contribution < 1.29 is 10.0 Å². The van der Waals surface area contributed by atoms with Gasteiger partial charge in [0, 0.05) is 7.05 Å². The van der Waals surface area contributed by atoms with E-state index in [9.17, 15) is 15.2 Å². The second-order valence-electron chi connectivity index (χ2n) is 5.86. The molecule has 7 heteroatoms. The number of anilines is 1. The van der Waals surface area contributed by atoms with Gasteiger partial charge in [0.1, 0.15) is 11.3 Å². The minimum Gasteiger partial charge on any atom is -0.386 e. The van der Waals surface area contributed by atoms with Gasteiger partial charge in [-0.25, -0.2) is 4.68 Å². The zero-order chi connectivity index (χ0) is 15.1. The molecular weight excluding hydrogens is 260 g/mol. The van der Waals surface area contributed by atoms with E-state index in [1.807, 2.05) is 25.7 Å². The van der Waals surface area contributed by atoms with E-state index in [0.717, 1.165) is 6.42 Å². The average molecular weight is 282 g/mol. The van der Waals surface area contributed by atoms with Crippen molar-refractivity contribution in [3.05, 3.63) is 15.8 Å². The van der Waals surface area contributed by atoms with Crippen molar-refractivity contribution >= 4 is 11.5 Å². The van der Waals surface area contributed by atoms with Crippen LogP contribution >= 0.6 is 0 Å². The number of aliphatic hydroxyl groups is 1. The Morgan fingerprint density at radius 1 is 1.50 bits per heavy atom. The van der Waals surface area contributed by atoms with E-state index in [4.69, 9.17) is 0 Å². The van der Waals surface area contributed by atoms with Gasteiger partial charge in [0.15, 0.2) is 0 Å². The maximum Gasteiger partial charge on any atom is 0.334 e. The third-order valence-electron chi connectivity index (χ3n) is 4.04. The zero-order valence-electron chi connectivity index (χ0n) is 12.5. The van der Waals surface area contributed by atoms with Crippen LogP contribution in [0.1, 0.15) is 32.9 Å². The summed E-state index contributed by atoms with van der Waals surface area (Å²) in [7, 11) is 1.72. The molecule has 0 saturated carbocycles. The van der Waals surface area contributed by atoms with Gasteiger partial charge in [-0.05, 0) is 12.3 Å². The van der Waals surface area contributed by atoms with Crippen molar-refractivity contribution in [3.63, 3.8) is 0 Å². The average Bonchev–Trinajstić information content (AvgIpc) is 2.62. The Morgan fingerprint density at radius 2 is 2.10 bits per heavy atom. The molecule has 1 aliphatic rings. The molecule has 2 heterocycles. The summed E-state index contributed by atoms with van der Waals surface area (Å²) in [4.78, 5) is 12.8. The summed E-state index contributed by atoms with van der Waals surface area (Å²) in [5.74, 6) is 0.630.